The van der Waals surface area contributed by atoms with Gasteiger partial charge in [-0.1, -0.05) is 44.5 Å². The van der Waals surface area contributed by atoms with E-state index in [0.29, 0.717) is 23.5 Å². The third-order valence-corrected chi connectivity index (χ3v) is 5.86. The molecule has 1 heterocycles. The summed E-state index contributed by atoms with van der Waals surface area (Å²) in [5.74, 6) is 1.05. The van der Waals surface area contributed by atoms with Gasteiger partial charge in [0, 0.05) is 24.5 Å². The minimum absolute atomic E-state index is 0.0512. The second-order valence-corrected chi connectivity index (χ2v) is 8.78. The molecule has 2 atom stereocenters. The van der Waals surface area contributed by atoms with E-state index in [4.69, 9.17) is 11.6 Å². The van der Waals surface area contributed by atoms with E-state index in [-0.39, 0.29) is 24.3 Å². The standard InChI is InChI=1S/C22H34ClN3O2/c1-15(2)21(26-11-9-16(3)10-12-26)14-24-22(28)13-20(25-17(4)27)18-5-7-19(23)8-6-18/h5-8,15-16,20-21H,9-14H2,1-4H3,(H,24,28)(H,25,27). The second kappa shape index (κ2) is 10.8. The van der Waals surface area contributed by atoms with Gasteiger partial charge in [0.05, 0.1) is 12.5 Å². The summed E-state index contributed by atoms with van der Waals surface area (Å²) in [6.07, 6.45) is 2.65. The van der Waals surface area contributed by atoms with Crippen LogP contribution in [-0.2, 0) is 9.59 Å². The van der Waals surface area contributed by atoms with Gasteiger partial charge in [-0.2, -0.15) is 0 Å². The Kier molecular flexibility index (Phi) is 8.77. The lowest BCUT2D eigenvalue weighted by molar-refractivity contribution is -0.123. The van der Waals surface area contributed by atoms with Crippen molar-refractivity contribution < 1.29 is 9.59 Å². The third-order valence-electron chi connectivity index (χ3n) is 5.60. The Bertz CT molecular complexity index is 640. The number of benzene rings is 1. The first-order valence-corrected chi connectivity index (χ1v) is 10.7. The van der Waals surface area contributed by atoms with Gasteiger partial charge in [-0.15, -0.1) is 0 Å². The van der Waals surface area contributed by atoms with Crippen LogP contribution in [0.25, 0.3) is 0 Å². The van der Waals surface area contributed by atoms with E-state index >= 15 is 0 Å². The summed E-state index contributed by atoms with van der Waals surface area (Å²) in [6.45, 7) is 11.0. The predicted molar refractivity (Wildman–Crippen MR) is 114 cm³/mol. The number of amides is 2. The number of hydrogen-bond acceptors (Lipinski definition) is 3. The van der Waals surface area contributed by atoms with Gasteiger partial charge < -0.3 is 10.6 Å². The van der Waals surface area contributed by atoms with E-state index in [9.17, 15) is 9.59 Å². The number of carbonyl (C=O) groups excluding carboxylic acids is 2. The van der Waals surface area contributed by atoms with E-state index in [2.05, 4.69) is 36.3 Å². The molecule has 0 spiro atoms. The SMILES string of the molecule is CC(=O)NC(CC(=O)NCC(C(C)C)N1CCC(C)CC1)c1ccc(Cl)cc1. The monoisotopic (exact) mass is 407 g/mol. The summed E-state index contributed by atoms with van der Waals surface area (Å²) in [6, 6.07) is 7.23. The van der Waals surface area contributed by atoms with Gasteiger partial charge in [0.15, 0.2) is 0 Å². The lowest BCUT2D eigenvalue weighted by Crippen LogP contribution is -2.50. The molecular formula is C22H34ClN3O2. The third kappa shape index (κ3) is 7.10. The fourth-order valence-corrected chi connectivity index (χ4v) is 3.94. The number of nitrogens with one attached hydrogen (secondary N) is 2. The molecule has 156 valence electrons. The lowest BCUT2D eigenvalue weighted by Gasteiger charge is -2.39. The van der Waals surface area contributed by atoms with Gasteiger partial charge in [-0.25, -0.2) is 0 Å². The number of rotatable bonds is 8. The van der Waals surface area contributed by atoms with Crippen molar-refractivity contribution in [2.75, 3.05) is 19.6 Å². The highest BCUT2D eigenvalue weighted by atomic mass is 35.5. The molecule has 6 heteroatoms. The summed E-state index contributed by atoms with van der Waals surface area (Å²) >= 11 is 5.95. The maximum Gasteiger partial charge on any atom is 0.222 e. The van der Waals surface area contributed by atoms with E-state index in [1.54, 1.807) is 12.1 Å². The first kappa shape index (κ1) is 22.7. The fraction of sp³-hybridized carbons (Fsp3) is 0.636. The first-order chi connectivity index (χ1) is 13.3. The van der Waals surface area contributed by atoms with Crippen molar-refractivity contribution in [3.63, 3.8) is 0 Å². The second-order valence-electron chi connectivity index (χ2n) is 8.34. The van der Waals surface area contributed by atoms with Gasteiger partial charge in [0.1, 0.15) is 0 Å². The Morgan fingerprint density at radius 3 is 2.32 bits per heavy atom. The molecule has 2 N–H and O–H groups in total. The van der Waals surface area contributed by atoms with Crippen LogP contribution in [0.1, 0.15) is 58.6 Å². The van der Waals surface area contributed by atoms with E-state index in [1.807, 2.05) is 12.1 Å². The van der Waals surface area contributed by atoms with Crippen LogP contribution in [0.5, 0.6) is 0 Å². The van der Waals surface area contributed by atoms with Gasteiger partial charge in [-0.05, 0) is 55.5 Å². The molecule has 1 aromatic rings. The quantitative estimate of drug-likeness (QED) is 0.689. The van der Waals surface area contributed by atoms with Crippen LogP contribution in [0.15, 0.2) is 24.3 Å². The summed E-state index contributed by atoms with van der Waals surface area (Å²) < 4.78 is 0. The minimum atomic E-state index is -0.358. The average Bonchev–Trinajstić information content (AvgIpc) is 2.63. The molecule has 28 heavy (non-hydrogen) atoms. The number of nitrogens with zero attached hydrogens (tertiary/aromatic N) is 1. The summed E-state index contributed by atoms with van der Waals surface area (Å²) in [5.41, 5.74) is 0.875. The molecule has 1 saturated heterocycles. The molecular weight excluding hydrogens is 374 g/mol. The van der Waals surface area contributed by atoms with Crippen molar-refractivity contribution in [3.8, 4) is 0 Å². The summed E-state index contributed by atoms with van der Waals surface area (Å²) in [4.78, 5) is 26.7. The highest BCUT2D eigenvalue weighted by Crippen LogP contribution is 2.22. The van der Waals surface area contributed by atoms with Gasteiger partial charge in [0.25, 0.3) is 0 Å². The van der Waals surface area contributed by atoms with E-state index in [1.165, 1.54) is 19.8 Å². The zero-order valence-electron chi connectivity index (χ0n) is 17.5. The predicted octanol–water partition coefficient (Wildman–Crippen LogP) is 3.78. The van der Waals surface area contributed by atoms with Crippen molar-refractivity contribution in [2.24, 2.45) is 11.8 Å². The molecule has 5 nitrogen and oxygen atoms in total. The van der Waals surface area contributed by atoms with Crippen LogP contribution >= 0.6 is 11.6 Å². The highest BCUT2D eigenvalue weighted by molar-refractivity contribution is 6.30. The maximum absolute atomic E-state index is 12.6. The lowest BCUT2D eigenvalue weighted by atomic mass is 9.94. The Morgan fingerprint density at radius 2 is 1.79 bits per heavy atom. The van der Waals surface area contributed by atoms with Crippen LogP contribution in [0.3, 0.4) is 0 Å². The highest BCUT2D eigenvalue weighted by Gasteiger charge is 2.26. The van der Waals surface area contributed by atoms with Crippen LogP contribution in [0.4, 0.5) is 0 Å². The van der Waals surface area contributed by atoms with Crippen molar-refractivity contribution in [3.05, 3.63) is 34.9 Å². The van der Waals surface area contributed by atoms with Gasteiger partial charge >= 0.3 is 0 Å². The van der Waals surface area contributed by atoms with Gasteiger partial charge in [-0.3, -0.25) is 14.5 Å². The average molecular weight is 408 g/mol. The molecule has 0 saturated carbocycles. The largest absolute Gasteiger partial charge is 0.354 e. The zero-order chi connectivity index (χ0) is 20.7. The summed E-state index contributed by atoms with van der Waals surface area (Å²) in [7, 11) is 0. The van der Waals surface area contributed by atoms with Crippen molar-refractivity contribution in [1.29, 1.82) is 0 Å². The molecule has 0 aliphatic carbocycles. The number of carbonyl (C=O) groups is 2. The minimum Gasteiger partial charge on any atom is -0.354 e. The molecule has 1 fully saturated rings. The number of halogens is 1. The Balaban J connectivity index is 1.94. The normalized spacial score (nSPS) is 17.9. The smallest absolute Gasteiger partial charge is 0.222 e. The Morgan fingerprint density at radius 1 is 1.18 bits per heavy atom. The molecule has 2 rings (SSSR count). The molecule has 2 amide bonds. The van der Waals surface area contributed by atoms with Crippen LogP contribution < -0.4 is 10.6 Å². The van der Waals surface area contributed by atoms with E-state index in [0.717, 1.165) is 24.6 Å². The number of likely N-dealkylation sites (tertiary alicyclic amines) is 1. The topological polar surface area (TPSA) is 61.4 Å². The van der Waals surface area contributed by atoms with Crippen LogP contribution in [0, 0.1) is 11.8 Å². The Labute approximate surface area is 174 Å². The molecule has 1 aliphatic rings. The van der Waals surface area contributed by atoms with Crippen molar-refractivity contribution >= 4 is 23.4 Å². The molecule has 1 aromatic carbocycles. The van der Waals surface area contributed by atoms with E-state index < -0.39 is 0 Å². The van der Waals surface area contributed by atoms with Crippen molar-refractivity contribution in [1.82, 2.24) is 15.5 Å². The fourth-order valence-electron chi connectivity index (χ4n) is 3.82. The van der Waals surface area contributed by atoms with Crippen molar-refractivity contribution in [2.45, 2.75) is 59.0 Å². The maximum atomic E-state index is 12.6. The molecule has 1 aliphatic heterocycles. The summed E-state index contributed by atoms with van der Waals surface area (Å²) in [5, 5.41) is 6.60. The molecule has 0 radical (unpaired) electrons. The first-order valence-electron chi connectivity index (χ1n) is 10.3. The molecule has 0 bridgehead atoms. The Hall–Kier alpha value is -1.59. The molecule has 0 aromatic heterocycles. The zero-order valence-corrected chi connectivity index (χ0v) is 18.3. The molecule has 2 unspecified atom stereocenters. The van der Waals surface area contributed by atoms with Crippen LogP contribution in [0.2, 0.25) is 5.02 Å². The number of piperidine rings is 1. The van der Waals surface area contributed by atoms with Gasteiger partial charge in [0.2, 0.25) is 11.8 Å². The number of hydrogen-bond donors (Lipinski definition) is 2. The van der Waals surface area contributed by atoms with Crippen LogP contribution in [-0.4, -0.2) is 42.4 Å².